The molecule has 3 atom stereocenters. The van der Waals surface area contributed by atoms with Crippen LogP contribution < -0.4 is 10.6 Å². The van der Waals surface area contributed by atoms with E-state index >= 15 is 0 Å². The minimum atomic E-state index is -0.392. The number of allylic oxidation sites excluding steroid dienone is 4. The Hall–Kier alpha value is -2.92. The molecule has 0 spiro atoms. The van der Waals surface area contributed by atoms with E-state index in [1.165, 1.54) is 12.1 Å². The monoisotopic (exact) mass is 438 g/mol. The van der Waals surface area contributed by atoms with Crippen LogP contribution >= 0.6 is 11.6 Å². The summed E-state index contributed by atoms with van der Waals surface area (Å²) in [4.78, 5) is 25.4. The van der Waals surface area contributed by atoms with Gasteiger partial charge in [-0.05, 0) is 60.6 Å². The Morgan fingerprint density at radius 1 is 1.16 bits per heavy atom. The molecular weight excluding hydrogens is 415 g/mol. The highest BCUT2D eigenvalue weighted by atomic mass is 35.5. The number of rotatable bonds is 4. The number of hydrogen-bond acceptors (Lipinski definition) is 2. The van der Waals surface area contributed by atoms with E-state index < -0.39 is 5.92 Å². The summed E-state index contributed by atoms with van der Waals surface area (Å²) in [6.07, 6.45) is 6.66. The fourth-order valence-electron chi connectivity index (χ4n) is 4.44. The van der Waals surface area contributed by atoms with Crippen molar-refractivity contribution in [3.05, 3.63) is 77.1 Å². The molecule has 2 unspecified atom stereocenters. The Bertz CT molecular complexity index is 1080. The van der Waals surface area contributed by atoms with Crippen molar-refractivity contribution in [1.29, 1.82) is 0 Å². The smallest absolute Gasteiger partial charge is 0.229 e. The number of amides is 2. The molecule has 1 fully saturated rings. The molecule has 31 heavy (non-hydrogen) atoms. The van der Waals surface area contributed by atoms with Gasteiger partial charge in [-0.25, -0.2) is 4.39 Å². The van der Waals surface area contributed by atoms with Crippen LogP contribution in [0.4, 0.5) is 10.1 Å². The maximum Gasteiger partial charge on any atom is 0.229 e. The van der Waals surface area contributed by atoms with Crippen LogP contribution in [0, 0.1) is 30.5 Å². The minimum Gasteiger partial charge on any atom is -0.355 e. The fourth-order valence-corrected chi connectivity index (χ4v) is 4.69. The topological polar surface area (TPSA) is 58.2 Å². The van der Waals surface area contributed by atoms with E-state index in [0.717, 1.165) is 21.7 Å². The normalized spacial score (nSPS) is 23.1. The van der Waals surface area contributed by atoms with Crippen LogP contribution in [0.3, 0.4) is 0 Å². The van der Waals surface area contributed by atoms with Crippen LogP contribution in [0.1, 0.15) is 18.4 Å². The molecule has 4 rings (SSSR count). The Labute approximate surface area is 186 Å². The van der Waals surface area contributed by atoms with Crippen LogP contribution in [0.15, 0.2) is 65.7 Å². The lowest BCUT2D eigenvalue weighted by Gasteiger charge is -2.35. The maximum atomic E-state index is 13.9. The molecule has 0 saturated carbocycles. The molecular formula is C25H24ClFN2O2. The summed E-state index contributed by atoms with van der Waals surface area (Å²) in [7, 11) is 0. The number of anilines is 1. The largest absolute Gasteiger partial charge is 0.355 e. The van der Waals surface area contributed by atoms with Gasteiger partial charge >= 0.3 is 0 Å². The van der Waals surface area contributed by atoms with Crippen LogP contribution in [0.2, 0.25) is 0 Å². The van der Waals surface area contributed by atoms with E-state index in [4.69, 9.17) is 11.6 Å². The second kappa shape index (κ2) is 9.06. The van der Waals surface area contributed by atoms with Crippen molar-refractivity contribution >= 4 is 29.1 Å². The van der Waals surface area contributed by atoms with Crippen LogP contribution in [0.5, 0.6) is 0 Å². The number of benzene rings is 2. The molecule has 1 heterocycles. The second-order valence-corrected chi connectivity index (χ2v) is 8.62. The molecule has 2 N–H and O–H groups in total. The van der Waals surface area contributed by atoms with E-state index in [-0.39, 0.29) is 42.4 Å². The van der Waals surface area contributed by atoms with Crippen molar-refractivity contribution in [2.75, 3.05) is 11.9 Å². The quantitative estimate of drug-likeness (QED) is 0.690. The predicted molar refractivity (Wildman–Crippen MR) is 121 cm³/mol. The van der Waals surface area contributed by atoms with E-state index in [2.05, 4.69) is 10.6 Å². The molecule has 0 aromatic heterocycles. The average molecular weight is 439 g/mol. The van der Waals surface area contributed by atoms with Crippen LogP contribution in [-0.2, 0) is 9.59 Å². The number of carbonyl (C=O) groups excluding carboxylic acids is 2. The molecule has 0 bridgehead atoms. The van der Waals surface area contributed by atoms with Crippen molar-refractivity contribution < 1.29 is 14.0 Å². The van der Waals surface area contributed by atoms with Gasteiger partial charge in [0.15, 0.2) is 0 Å². The van der Waals surface area contributed by atoms with E-state index in [1.54, 1.807) is 6.07 Å². The molecule has 6 heteroatoms. The predicted octanol–water partition coefficient (Wildman–Crippen LogP) is 5.19. The van der Waals surface area contributed by atoms with Gasteiger partial charge in [-0.1, -0.05) is 48.0 Å². The molecule has 160 valence electrons. The fraction of sp³-hybridized carbons (Fsp3) is 0.280. The highest BCUT2D eigenvalue weighted by Gasteiger charge is 2.38. The van der Waals surface area contributed by atoms with Gasteiger partial charge in [0.25, 0.3) is 0 Å². The standard InChI is InChI=1S/C25H24ClFN2O2/c1-15-9-10-18(27)12-20(15)19-7-2-3-8-23(19)29-25(31)22-14-28-24(30)13-21(22)16-5-4-6-17(26)11-16/h2-10,12,16,21-22H,11,13-14H2,1H3,(H,28,30)(H,29,31)/t16-,21?,22?/m1/s1. The summed E-state index contributed by atoms with van der Waals surface area (Å²) in [6.45, 7) is 2.19. The van der Waals surface area contributed by atoms with E-state index in [1.807, 2.05) is 49.4 Å². The summed E-state index contributed by atoms with van der Waals surface area (Å²) >= 11 is 6.22. The highest BCUT2D eigenvalue weighted by Crippen LogP contribution is 2.37. The van der Waals surface area contributed by atoms with Crippen molar-refractivity contribution in [1.82, 2.24) is 5.32 Å². The van der Waals surface area contributed by atoms with Crippen LogP contribution in [-0.4, -0.2) is 18.4 Å². The highest BCUT2D eigenvalue weighted by molar-refractivity contribution is 6.29. The molecule has 2 aliphatic rings. The molecule has 1 aliphatic heterocycles. The number of para-hydroxylation sites is 1. The number of hydrogen-bond donors (Lipinski definition) is 2. The van der Waals surface area contributed by atoms with E-state index in [0.29, 0.717) is 12.1 Å². The lowest BCUT2D eigenvalue weighted by Crippen LogP contribution is -2.48. The van der Waals surface area contributed by atoms with Crippen molar-refractivity contribution in [2.45, 2.75) is 19.8 Å². The lowest BCUT2D eigenvalue weighted by molar-refractivity contribution is -0.129. The third-order valence-corrected chi connectivity index (χ3v) is 6.36. The van der Waals surface area contributed by atoms with E-state index in [9.17, 15) is 14.0 Å². The first-order valence-electron chi connectivity index (χ1n) is 10.4. The first-order valence-corrected chi connectivity index (χ1v) is 10.8. The van der Waals surface area contributed by atoms with Gasteiger partial charge in [0.05, 0.1) is 5.92 Å². The number of carbonyl (C=O) groups is 2. The molecule has 1 aliphatic carbocycles. The number of halogens is 2. The summed E-state index contributed by atoms with van der Waals surface area (Å²) in [6, 6.07) is 12.0. The zero-order chi connectivity index (χ0) is 22.0. The zero-order valence-corrected chi connectivity index (χ0v) is 18.0. The first kappa shape index (κ1) is 21.3. The zero-order valence-electron chi connectivity index (χ0n) is 17.2. The summed E-state index contributed by atoms with van der Waals surface area (Å²) < 4.78 is 13.9. The molecule has 2 aromatic carbocycles. The third-order valence-electron chi connectivity index (χ3n) is 6.08. The Kier molecular flexibility index (Phi) is 6.23. The van der Waals surface area contributed by atoms with Gasteiger partial charge < -0.3 is 10.6 Å². The van der Waals surface area contributed by atoms with Crippen molar-refractivity contribution in [2.24, 2.45) is 17.8 Å². The molecule has 2 amide bonds. The molecule has 4 nitrogen and oxygen atoms in total. The Balaban J connectivity index is 1.60. The third kappa shape index (κ3) is 4.72. The van der Waals surface area contributed by atoms with Gasteiger partial charge in [-0.2, -0.15) is 0 Å². The van der Waals surface area contributed by atoms with Crippen molar-refractivity contribution in [3.8, 4) is 11.1 Å². The molecule has 1 saturated heterocycles. The van der Waals surface area contributed by atoms with Crippen molar-refractivity contribution in [3.63, 3.8) is 0 Å². The first-order chi connectivity index (χ1) is 14.9. The minimum absolute atomic E-state index is 0.0278. The Morgan fingerprint density at radius 3 is 2.77 bits per heavy atom. The maximum absolute atomic E-state index is 13.9. The van der Waals surface area contributed by atoms with Crippen LogP contribution in [0.25, 0.3) is 11.1 Å². The van der Waals surface area contributed by atoms with Gasteiger partial charge in [-0.15, -0.1) is 0 Å². The number of nitrogens with one attached hydrogen (secondary N) is 2. The summed E-state index contributed by atoms with van der Waals surface area (Å²) in [5.41, 5.74) is 3.03. The molecule has 2 aromatic rings. The van der Waals surface area contributed by atoms with Gasteiger partial charge in [0.2, 0.25) is 11.8 Å². The average Bonchev–Trinajstić information content (AvgIpc) is 2.76. The SMILES string of the molecule is Cc1ccc(F)cc1-c1ccccc1NC(=O)C1CNC(=O)CC1[C@@H]1C=CC=C(Cl)C1. The lowest BCUT2D eigenvalue weighted by atomic mass is 9.74. The molecule has 0 radical (unpaired) electrons. The van der Waals surface area contributed by atoms with Gasteiger partial charge in [-0.3, -0.25) is 9.59 Å². The van der Waals surface area contributed by atoms with Gasteiger partial charge in [0.1, 0.15) is 5.82 Å². The summed E-state index contributed by atoms with van der Waals surface area (Å²) in [5.74, 6) is -1.05. The van der Waals surface area contributed by atoms with Gasteiger partial charge in [0, 0.05) is 29.2 Å². The Morgan fingerprint density at radius 2 is 1.97 bits per heavy atom. The second-order valence-electron chi connectivity index (χ2n) is 8.14. The number of aryl methyl sites for hydroxylation is 1. The number of piperidine rings is 1. The summed E-state index contributed by atoms with van der Waals surface area (Å²) in [5, 5.41) is 6.58.